The van der Waals surface area contributed by atoms with Crippen molar-refractivity contribution < 1.29 is 9.90 Å². The van der Waals surface area contributed by atoms with E-state index in [0.717, 1.165) is 15.0 Å². The van der Waals surface area contributed by atoms with Crippen LogP contribution in [0.15, 0.2) is 47.8 Å². The van der Waals surface area contributed by atoms with Gasteiger partial charge in [-0.15, -0.1) is 22.7 Å². The molecule has 3 rings (SSSR count). The van der Waals surface area contributed by atoms with Gasteiger partial charge in [0, 0.05) is 9.58 Å². The van der Waals surface area contributed by atoms with E-state index in [4.69, 9.17) is 0 Å². The monoisotopic (exact) mass is 317 g/mol. The Bertz CT molecular complexity index is 727. The van der Waals surface area contributed by atoms with Crippen LogP contribution in [0.2, 0.25) is 0 Å². The molecular formula is C16H15NO2S2. The molecule has 0 bridgehead atoms. The smallest absolute Gasteiger partial charge is 0.261 e. The maximum Gasteiger partial charge on any atom is 0.261 e. The Hall–Kier alpha value is -1.69. The van der Waals surface area contributed by atoms with E-state index >= 15 is 0 Å². The van der Waals surface area contributed by atoms with Crippen LogP contribution in [-0.4, -0.2) is 17.6 Å². The van der Waals surface area contributed by atoms with Crippen LogP contribution >= 0.6 is 22.7 Å². The Kier molecular flexibility index (Phi) is 3.80. The summed E-state index contributed by atoms with van der Waals surface area (Å²) in [4.78, 5) is 13.5. The van der Waals surface area contributed by atoms with Gasteiger partial charge in [-0.3, -0.25) is 4.79 Å². The number of amides is 1. The molecule has 0 radical (unpaired) electrons. The summed E-state index contributed by atoms with van der Waals surface area (Å²) in [6.07, 6.45) is 0. The maximum absolute atomic E-state index is 11.9. The quantitative estimate of drug-likeness (QED) is 0.772. The zero-order chi connectivity index (χ0) is 14.9. The van der Waals surface area contributed by atoms with Crippen molar-refractivity contribution in [3.63, 3.8) is 0 Å². The number of aliphatic hydroxyl groups is 1. The van der Waals surface area contributed by atoms with E-state index < -0.39 is 5.60 Å². The number of thiophene rings is 2. The molecule has 21 heavy (non-hydrogen) atoms. The first-order valence-electron chi connectivity index (χ1n) is 6.59. The molecule has 0 saturated heterocycles. The van der Waals surface area contributed by atoms with Gasteiger partial charge in [0.05, 0.1) is 11.4 Å². The van der Waals surface area contributed by atoms with Crippen molar-refractivity contribution in [2.24, 2.45) is 0 Å². The van der Waals surface area contributed by atoms with Crippen molar-refractivity contribution in [2.75, 3.05) is 6.54 Å². The van der Waals surface area contributed by atoms with Gasteiger partial charge in [-0.1, -0.05) is 24.3 Å². The predicted molar refractivity (Wildman–Crippen MR) is 88.0 cm³/mol. The van der Waals surface area contributed by atoms with E-state index in [2.05, 4.69) is 5.32 Å². The largest absolute Gasteiger partial charge is 0.383 e. The molecule has 3 aromatic rings. The van der Waals surface area contributed by atoms with Gasteiger partial charge in [-0.25, -0.2) is 0 Å². The van der Waals surface area contributed by atoms with Crippen LogP contribution in [0.4, 0.5) is 0 Å². The molecule has 3 nitrogen and oxygen atoms in total. The minimum Gasteiger partial charge on any atom is -0.383 e. The summed E-state index contributed by atoms with van der Waals surface area (Å²) in [6.45, 7) is 1.92. The zero-order valence-electron chi connectivity index (χ0n) is 11.5. The van der Waals surface area contributed by atoms with Gasteiger partial charge in [0.25, 0.3) is 5.91 Å². The van der Waals surface area contributed by atoms with Gasteiger partial charge < -0.3 is 10.4 Å². The van der Waals surface area contributed by atoms with Crippen molar-refractivity contribution in [1.29, 1.82) is 0 Å². The molecule has 0 fully saturated rings. The number of hydrogen-bond acceptors (Lipinski definition) is 4. The SMILES string of the molecule is CC(O)(CNC(=O)c1cccs1)c1cc2ccccc2s1. The van der Waals surface area contributed by atoms with Crippen molar-refractivity contribution in [1.82, 2.24) is 5.32 Å². The van der Waals surface area contributed by atoms with Gasteiger partial charge in [-0.05, 0) is 35.9 Å². The van der Waals surface area contributed by atoms with Crippen LogP contribution in [0.3, 0.4) is 0 Å². The summed E-state index contributed by atoms with van der Waals surface area (Å²) in [6, 6.07) is 13.6. The second kappa shape index (κ2) is 5.60. The molecule has 5 heteroatoms. The highest BCUT2D eigenvalue weighted by molar-refractivity contribution is 7.19. The second-order valence-electron chi connectivity index (χ2n) is 5.08. The number of rotatable bonds is 4. The fourth-order valence-electron chi connectivity index (χ4n) is 2.08. The zero-order valence-corrected chi connectivity index (χ0v) is 13.1. The van der Waals surface area contributed by atoms with Gasteiger partial charge in [0.1, 0.15) is 5.60 Å². The Morgan fingerprint density at radius 2 is 2.10 bits per heavy atom. The molecule has 1 unspecified atom stereocenters. The van der Waals surface area contributed by atoms with Crippen LogP contribution in [0, 0.1) is 0 Å². The molecule has 0 saturated carbocycles. The highest BCUT2D eigenvalue weighted by atomic mass is 32.1. The van der Waals surface area contributed by atoms with Gasteiger partial charge in [0.2, 0.25) is 0 Å². The van der Waals surface area contributed by atoms with Crippen molar-refractivity contribution in [3.05, 3.63) is 57.6 Å². The van der Waals surface area contributed by atoms with E-state index in [1.165, 1.54) is 11.3 Å². The minimum absolute atomic E-state index is 0.147. The Labute approximate surface area is 130 Å². The summed E-state index contributed by atoms with van der Waals surface area (Å²) >= 11 is 2.94. The molecule has 1 aromatic carbocycles. The number of benzene rings is 1. The molecule has 1 atom stereocenters. The lowest BCUT2D eigenvalue weighted by atomic mass is 10.0. The molecule has 108 valence electrons. The van der Waals surface area contributed by atoms with Crippen LogP contribution in [0.25, 0.3) is 10.1 Å². The third-order valence-electron chi connectivity index (χ3n) is 3.29. The molecule has 0 aliphatic carbocycles. The summed E-state index contributed by atoms with van der Waals surface area (Å²) in [5.41, 5.74) is -1.07. The average Bonchev–Trinajstić information content (AvgIpc) is 3.13. The van der Waals surface area contributed by atoms with E-state index in [0.29, 0.717) is 4.88 Å². The molecule has 0 spiro atoms. The molecule has 0 aliphatic heterocycles. The lowest BCUT2D eigenvalue weighted by molar-refractivity contribution is 0.0558. The lowest BCUT2D eigenvalue weighted by Crippen LogP contribution is -2.37. The average molecular weight is 317 g/mol. The number of nitrogens with one attached hydrogen (secondary N) is 1. The molecule has 2 aromatic heterocycles. The molecule has 0 aliphatic rings. The molecule has 1 amide bonds. The molecule has 2 N–H and O–H groups in total. The Morgan fingerprint density at radius 3 is 2.81 bits per heavy atom. The molecule has 2 heterocycles. The lowest BCUT2D eigenvalue weighted by Gasteiger charge is -2.22. The highest BCUT2D eigenvalue weighted by Crippen LogP contribution is 2.32. The number of fused-ring (bicyclic) bond motifs is 1. The first-order valence-corrected chi connectivity index (χ1v) is 8.29. The summed E-state index contributed by atoms with van der Waals surface area (Å²) in [7, 11) is 0. The standard InChI is InChI=1S/C16H15NO2S2/c1-16(19,10-17-15(18)13-7-4-8-20-13)14-9-11-5-2-3-6-12(11)21-14/h2-9,19H,10H2,1H3,(H,17,18). The summed E-state index contributed by atoms with van der Waals surface area (Å²) < 4.78 is 1.14. The van der Waals surface area contributed by atoms with Crippen LogP contribution in [-0.2, 0) is 5.60 Å². The van der Waals surface area contributed by atoms with Crippen molar-refractivity contribution in [3.8, 4) is 0 Å². The maximum atomic E-state index is 11.9. The Balaban J connectivity index is 1.75. The van der Waals surface area contributed by atoms with Gasteiger partial charge >= 0.3 is 0 Å². The third-order valence-corrected chi connectivity index (χ3v) is 5.53. The highest BCUT2D eigenvalue weighted by Gasteiger charge is 2.26. The number of hydrogen-bond donors (Lipinski definition) is 2. The minimum atomic E-state index is -1.07. The first-order chi connectivity index (χ1) is 10.1. The van der Waals surface area contributed by atoms with Gasteiger partial charge in [0.15, 0.2) is 0 Å². The summed E-state index contributed by atoms with van der Waals surface area (Å²) in [5.74, 6) is -0.147. The summed E-state index contributed by atoms with van der Waals surface area (Å²) in [5, 5.41) is 16.4. The third kappa shape index (κ3) is 3.00. The van der Waals surface area contributed by atoms with Gasteiger partial charge in [-0.2, -0.15) is 0 Å². The van der Waals surface area contributed by atoms with Crippen molar-refractivity contribution >= 4 is 38.7 Å². The topological polar surface area (TPSA) is 49.3 Å². The fourth-order valence-corrected chi connectivity index (χ4v) is 3.83. The van der Waals surface area contributed by atoms with E-state index in [-0.39, 0.29) is 12.5 Å². The van der Waals surface area contributed by atoms with Crippen LogP contribution in [0.1, 0.15) is 21.5 Å². The number of carbonyl (C=O) groups excluding carboxylic acids is 1. The van der Waals surface area contributed by atoms with Crippen molar-refractivity contribution in [2.45, 2.75) is 12.5 Å². The number of carbonyl (C=O) groups is 1. The van der Waals surface area contributed by atoms with Crippen LogP contribution < -0.4 is 5.32 Å². The van der Waals surface area contributed by atoms with E-state index in [1.54, 1.807) is 24.3 Å². The van der Waals surface area contributed by atoms with E-state index in [1.807, 2.05) is 41.8 Å². The second-order valence-corrected chi connectivity index (χ2v) is 7.11. The Morgan fingerprint density at radius 1 is 1.29 bits per heavy atom. The van der Waals surface area contributed by atoms with Crippen LogP contribution in [0.5, 0.6) is 0 Å². The van der Waals surface area contributed by atoms with E-state index in [9.17, 15) is 9.90 Å². The molecular weight excluding hydrogens is 302 g/mol. The normalized spacial score (nSPS) is 14.0. The predicted octanol–water partition coefficient (Wildman–Crippen LogP) is 3.60. The fraction of sp³-hybridized carbons (Fsp3) is 0.188. The first kappa shape index (κ1) is 14.3.